The van der Waals surface area contributed by atoms with E-state index in [9.17, 15) is 9.59 Å². The van der Waals surface area contributed by atoms with Gasteiger partial charge >= 0.3 is 5.97 Å². The van der Waals surface area contributed by atoms with Crippen LogP contribution in [-0.2, 0) is 14.3 Å². The summed E-state index contributed by atoms with van der Waals surface area (Å²) in [5, 5.41) is 3.00. The van der Waals surface area contributed by atoms with Crippen LogP contribution in [0, 0.1) is 13.8 Å². The van der Waals surface area contributed by atoms with E-state index in [1.807, 2.05) is 32.0 Å². The number of aryl methyl sites for hydroxylation is 2. The number of esters is 1. The van der Waals surface area contributed by atoms with E-state index in [1.54, 1.807) is 6.92 Å². The number of carbonyl (C=O) groups excluding carboxylic acids is 2. The second kappa shape index (κ2) is 9.44. The van der Waals surface area contributed by atoms with Gasteiger partial charge in [-0.15, -0.1) is 0 Å². The zero-order chi connectivity index (χ0) is 18.2. The van der Waals surface area contributed by atoms with Crippen molar-refractivity contribution in [3.63, 3.8) is 0 Å². The van der Waals surface area contributed by atoms with Gasteiger partial charge in [-0.2, -0.15) is 0 Å². The van der Waals surface area contributed by atoms with Crippen LogP contribution in [0.25, 0.3) is 0 Å². The van der Waals surface area contributed by atoms with E-state index in [-0.39, 0.29) is 18.6 Å². The van der Waals surface area contributed by atoms with Crippen LogP contribution in [0.5, 0.6) is 5.75 Å². The quantitative estimate of drug-likeness (QED) is 0.632. The number of carbonyl (C=O) groups is 2. The van der Waals surface area contributed by atoms with Crippen LogP contribution in [-0.4, -0.2) is 30.6 Å². The molecule has 0 heterocycles. The molecule has 1 aromatic carbocycles. The molecule has 5 heteroatoms. The molecule has 138 valence electrons. The molecule has 0 radical (unpaired) electrons. The molecule has 1 aromatic rings. The number of amides is 1. The highest BCUT2D eigenvalue weighted by atomic mass is 16.6. The van der Waals surface area contributed by atoms with Gasteiger partial charge in [0.25, 0.3) is 5.91 Å². The first kappa shape index (κ1) is 19.3. The average molecular weight is 347 g/mol. The van der Waals surface area contributed by atoms with Crippen LogP contribution in [0.2, 0.25) is 0 Å². The molecule has 0 spiro atoms. The Kier molecular flexibility index (Phi) is 7.29. The summed E-state index contributed by atoms with van der Waals surface area (Å²) in [4.78, 5) is 24.1. The number of ether oxygens (including phenoxy) is 2. The summed E-state index contributed by atoms with van der Waals surface area (Å²) in [6, 6.07) is 5.95. The van der Waals surface area contributed by atoms with E-state index in [4.69, 9.17) is 9.47 Å². The fourth-order valence-corrected chi connectivity index (χ4v) is 3.12. The molecule has 1 N–H and O–H groups in total. The highest BCUT2D eigenvalue weighted by Gasteiger charge is 2.22. The van der Waals surface area contributed by atoms with Gasteiger partial charge in [-0.25, -0.2) is 4.79 Å². The van der Waals surface area contributed by atoms with Gasteiger partial charge in [0.2, 0.25) is 0 Å². The summed E-state index contributed by atoms with van der Waals surface area (Å²) in [7, 11) is 0. The third kappa shape index (κ3) is 6.40. The molecule has 1 saturated carbocycles. The number of hydrogen-bond acceptors (Lipinski definition) is 4. The Bertz CT molecular complexity index is 591. The van der Waals surface area contributed by atoms with Crippen molar-refractivity contribution in [3.8, 4) is 5.75 Å². The number of rotatable bonds is 6. The molecule has 2 rings (SSSR count). The number of nitrogens with one attached hydrogen (secondary N) is 1. The summed E-state index contributed by atoms with van der Waals surface area (Å²) >= 11 is 0. The topological polar surface area (TPSA) is 64.6 Å². The predicted octanol–water partition coefficient (Wildman–Crippen LogP) is 3.45. The highest BCUT2D eigenvalue weighted by Crippen LogP contribution is 2.19. The second-order valence-corrected chi connectivity index (χ2v) is 6.89. The van der Waals surface area contributed by atoms with Gasteiger partial charge in [-0.1, -0.05) is 43.4 Å². The van der Waals surface area contributed by atoms with Crippen molar-refractivity contribution in [1.29, 1.82) is 0 Å². The molecule has 0 unspecified atom stereocenters. The Morgan fingerprint density at radius 2 is 1.84 bits per heavy atom. The summed E-state index contributed by atoms with van der Waals surface area (Å²) in [5.74, 6) is -0.117. The minimum atomic E-state index is -0.807. The summed E-state index contributed by atoms with van der Waals surface area (Å²) in [6.45, 7) is 5.32. The Morgan fingerprint density at radius 1 is 1.16 bits per heavy atom. The number of hydrogen-bond donors (Lipinski definition) is 1. The average Bonchev–Trinajstić information content (AvgIpc) is 2.82. The van der Waals surface area contributed by atoms with Gasteiger partial charge in [0.1, 0.15) is 5.75 Å². The van der Waals surface area contributed by atoms with Gasteiger partial charge < -0.3 is 14.8 Å². The predicted molar refractivity (Wildman–Crippen MR) is 96.6 cm³/mol. The lowest BCUT2D eigenvalue weighted by Crippen LogP contribution is -2.42. The molecule has 0 bridgehead atoms. The lowest BCUT2D eigenvalue weighted by atomic mass is 10.1. The van der Waals surface area contributed by atoms with Crippen LogP contribution < -0.4 is 10.1 Å². The largest absolute Gasteiger partial charge is 0.482 e. The van der Waals surface area contributed by atoms with Crippen LogP contribution in [0.4, 0.5) is 0 Å². The molecule has 0 aliphatic heterocycles. The van der Waals surface area contributed by atoms with Crippen molar-refractivity contribution >= 4 is 11.9 Å². The second-order valence-electron chi connectivity index (χ2n) is 6.89. The zero-order valence-electron chi connectivity index (χ0n) is 15.5. The van der Waals surface area contributed by atoms with Gasteiger partial charge in [0.15, 0.2) is 12.7 Å². The van der Waals surface area contributed by atoms with E-state index < -0.39 is 12.1 Å². The maximum Gasteiger partial charge on any atom is 0.344 e. The van der Waals surface area contributed by atoms with E-state index >= 15 is 0 Å². The lowest BCUT2D eigenvalue weighted by Gasteiger charge is -2.19. The van der Waals surface area contributed by atoms with Crippen LogP contribution in [0.15, 0.2) is 18.2 Å². The van der Waals surface area contributed by atoms with Gasteiger partial charge in [0.05, 0.1) is 0 Å². The van der Waals surface area contributed by atoms with Gasteiger partial charge in [-0.05, 0) is 45.2 Å². The molecule has 1 aliphatic rings. The highest BCUT2D eigenvalue weighted by molar-refractivity contribution is 5.83. The molecule has 5 nitrogen and oxygen atoms in total. The molecule has 0 aromatic heterocycles. The van der Waals surface area contributed by atoms with Gasteiger partial charge in [0, 0.05) is 6.04 Å². The van der Waals surface area contributed by atoms with Crippen molar-refractivity contribution in [3.05, 3.63) is 29.3 Å². The Labute approximate surface area is 150 Å². The third-order valence-corrected chi connectivity index (χ3v) is 4.55. The SMILES string of the molecule is Cc1ccc(OCC(=O)O[C@@H](C)C(=O)NC2CCCCCC2)c(C)c1. The minimum Gasteiger partial charge on any atom is -0.482 e. The van der Waals surface area contributed by atoms with E-state index in [0.717, 1.165) is 36.8 Å². The fraction of sp³-hybridized carbons (Fsp3) is 0.600. The molecular formula is C20H29NO4. The Balaban J connectivity index is 1.75. The molecular weight excluding hydrogens is 318 g/mol. The van der Waals surface area contributed by atoms with Gasteiger partial charge in [-0.3, -0.25) is 4.79 Å². The zero-order valence-corrected chi connectivity index (χ0v) is 15.5. The molecule has 1 aliphatic carbocycles. The summed E-state index contributed by atoms with van der Waals surface area (Å²) < 4.78 is 10.7. The van der Waals surface area contributed by atoms with E-state index in [0.29, 0.717) is 5.75 Å². The molecule has 0 saturated heterocycles. The van der Waals surface area contributed by atoms with Crippen LogP contribution >= 0.6 is 0 Å². The maximum absolute atomic E-state index is 12.2. The third-order valence-electron chi connectivity index (χ3n) is 4.55. The Morgan fingerprint density at radius 3 is 2.48 bits per heavy atom. The van der Waals surface area contributed by atoms with Crippen molar-refractivity contribution < 1.29 is 19.1 Å². The minimum absolute atomic E-state index is 0.197. The van der Waals surface area contributed by atoms with Crippen molar-refractivity contribution in [2.75, 3.05) is 6.61 Å². The van der Waals surface area contributed by atoms with E-state index in [1.165, 1.54) is 12.8 Å². The summed E-state index contributed by atoms with van der Waals surface area (Å²) in [6.07, 6.45) is 5.94. The Hall–Kier alpha value is -2.04. The van der Waals surface area contributed by atoms with Crippen LogP contribution in [0.1, 0.15) is 56.6 Å². The monoisotopic (exact) mass is 347 g/mol. The first-order valence-electron chi connectivity index (χ1n) is 9.15. The van der Waals surface area contributed by atoms with Crippen LogP contribution in [0.3, 0.4) is 0 Å². The molecule has 25 heavy (non-hydrogen) atoms. The normalized spacial score (nSPS) is 16.6. The molecule has 1 fully saturated rings. The molecule has 1 amide bonds. The smallest absolute Gasteiger partial charge is 0.344 e. The number of benzene rings is 1. The first-order valence-corrected chi connectivity index (χ1v) is 9.15. The van der Waals surface area contributed by atoms with Crippen molar-refractivity contribution in [2.45, 2.75) is 71.4 Å². The standard InChI is InChI=1S/C20H29NO4/c1-14-10-11-18(15(2)12-14)24-13-19(22)25-16(3)20(23)21-17-8-6-4-5-7-9-17/h10-12,16-17H,4-9,13H2,1-3H3,(H,21,23)/t16-/m0/s1. The lowest BCUT2D eigenvalue weighted by molar-refractivity contribution is -0.156. The van der Waals surface area contributed by atoms with Crippen molar-refractivity contribution in [1.82, 2.24) is 5.32 Å². The molecule has 1 atom stereocenters. The fourth-order valence-electron chi connectivity index (χ4n) is 3.12. The van der Waals surface area contributed by atoms with E-state index in [2.05, 4.69) is 5.32 Å². The summed E-state index contributed by atoms with van der Waals surface area (Å²) in [5.41, 5.74) is 2.10. The maximum atomic E-state index is 12.2. The van der Waals surface area contributed by atoms with Crippen molar-refractivity contribution in [2.24, 2.45) is 0 Å². The first-order chi connectivity index (χ1) is 12.0.